The summed E-state index contributed by atoms with van der Waals surface area (Å²) >= 11 is 0. The summed E-state index contributed by atoms with van der Waals surface area (Å²) in [6.45, 7) is 20.2. The first-order valence-electron chi connectivity index (χ1n) is 21.8. The molecule has 0 radical (unpaired) electrons. The largest absolute Gasteiger partial charge is 0.481 e. The first kappa shape index (κ1) is 45.2. The molecule has 0 saturated carbocycles. The number of aliphatic hydroxyl groups excluding tert-OH is 1. The zero-order chi connectivity index (χ0) is 41.4. The van der Waals surface area contributed by atoms with E-state index in [0.717, 1.165) is 12.8 Å². The fraction of sp³-hybridized carbons (Fsp3) is 0.867. The highest BCUT2D eigenvalue weighted by atomic mass is 16.8. The molecule has 0 aromatic carbocycles. The van der Waals surface area contributed by atoms with E-state index in [1.807, 2.05) is 40.7 Å². The zero-order valence-corrected chi connectivity index (χ0v) is 35.8. The van der Waals surface area contributed by atoms with Gasteiger partial charge in [0.1, 0.15) is 5.78 Å². The van der Waals surface area contributed by atoms with Crippen LogP contribution in [0.5, 0.6) is 0 Å². The van der Waals surface area contributed by atoms with Gasteiger partial charge in [-0.15, -0.1) is 6.42 Å². The zero-order valence-electron chi connectivity index (χ0n) is 35.8. The minimum Gasteiger partial charge on any atom is -0.481 e. The van der Waals surface area contributed by atoms with Gasteiger partial charge < -0.3 is 39.0 Å². The second-order valence-corrected chi connectivity index (χ2v) is 18.5. The van der Waals surface area contributed by atoms with Gasteiger partial charge in [0.2, 0.25) is 0 Å². The van der Waals surface area contributed by atoms with Crippen LogP contribution in [-0.2, 0) is 33.3 Å². The lowest BCUT2D eigenvalue weighted by atomic mass is 9.72. The summed E-state index contributed by atoms with van der Waals surface area (Å²) in [6.07, 6.45) is 13.2. The van der Waals surface area contributed by atoms with Crippen LogP contribution >= 0.6 is 0 Å². The average Bonchev–Trinajstić information content (AvgIpc) is 3.51. The van der Waals surface area contributed by atoms with Gasteiger partial charge in [-0.1, -0.05) is 67.4 Å². The molecular formula is C45H73NO10. The Morgan fingerprint density at radius 1 is 0.946 bits per heavy atom. The molecule has 4 fully saturated rings. The van der Waals surface area contributed by atoms with Crippen molar-refractivity contribution >= 4 is 11.8 Å². The van der Waals surface area contributed by atoms with Crippen molar-refractivity contribution in [3.05, 3.63) is 12.2 Å². The summed E-state index contributed by atoms with van der Waals surface area (Å²) in [6, 6.07) is -0.361. The van der Waals surface area contributed by atoms with Gasteiger partial charge in [0.15, 0.2) is 11.6 Å². The standard InChI is InChI=1S/C45H73NO10/c1-12-24-46-35-18-21-44(56-45(35)23-22-42(11,55-45)36-19-20-43(51,15-4)31(10)52-36)28(7)25-27(6)40(54-44)33(14-3)38(48)29(8)37(47)30(9)39-26(5)16-17-34(53-39)32(13-2)41(49)50/h1,18,21,26-37,39-40,46-47,51H,13-17,19-20,22-25H2,2-11H3,(H,49,50)/t26-,27-,28+,29-,30-,31-,32?,33-,34+,35-,36+,37+,39?,40-,42-,43+,44-,45-/m0/s1. The number of carbonyl (C=O) groups excluding carboxylic acids is 1. The van der Waals surface area contributed by atoms with Gasteiger partial charge in [0.25, 0.3) is 0 Å². The second kappa shape index (κ2) is 17.8. The van der Waals surface area contributed by atoms with Crippen LogP contribution in [0.2, 0.25) is 0 Å². The molecule has 56 heavy (non-hydrogen) atoms. The Hall–Kier alpha value is -1.88. The lowest BCUT2D eigenvalue weighted by molar-refractivity contribution is -0.398. The van der Waals surface area contributed by atoms with E-state index < -0.39 is 64.8 Å². The van der Waals surface area contributed by atoms with E-state index in [0.29, 0.717) is 57.9 Å². The number of hydrogen-bond acceptors (Lipinski definition) is 10. The third kappa shape index (κ3) is 8.56. The molecule has 5 rings (SSSR count). The van der Waals surface area contributed by atoms with Crippen molar-refractivity contribution in [3.63, 3.8) is 0 Å². The van der Waals surface area contributed by atoms with Crippen LogP contribution in [0, 0.1) is 53.8 Å². The Morgan fingerprint density at radius 3 is 2.25 bits per heavy atom. The number of carbonyl (C=O) groups is 2. The van der Waals surface area contributed by atoms with Crippen LogP contribution in [0.4, 0.5) is 0 Å². The van der Waals surface area contributed by atoms with Crippen molar-refractivity contribution in [1.82, 2.24) is 5.32 Å². The number of aliphatic hydroxyl groups is 2. The number of terminal acetylenes is 1. The molecule has 4 saturated heterocycles. The molecule has 0 amide bonds. The molecular weight excluding hydrogens is 714 g/mol. The topological polar surface area (TPSA) is 153 Å². The van der Waals surface area contributed by atoms with Crippen molar-refractivity contribution in [1.29, 1.82) is 0 Å². The number of ether oxygens (including phenoxy) is 5. The predicted molar refractivity (Wildman–Crippen MR) is 213 cm³/mol. The van der Waals surface area contributed by atoms with Crippen molar-refractivity contribution in [2.45, 2.75) is 199 Å². The number of carboxylic acids is 1. The molecule has 2 unspecified atom stereocenters. The third-order valence-corrected chi connectivity index (χ3v) is 14.9. The summed E-state index contributed by atoms with van der Waals surface area (Å²) in [5.41, 5.74) is -1.55. The molecule has 5 aliphatic heterocycles. The maximum atomic E-state index is 14.6. The van der Waals surface area contributed by atoms with Gasteiger partial charge in [-0.05, 0) is 89.5 Å². The molecule has 0 aromatic rings. The Bertz CT molecular complexity index is 1450. The van der Waals surface area contributed by atoms with Crippen LogP contribution in [-0.4, -0.2) is 99.1 Å². The smallest absolute Gasteiger partial charge is 0.309 e. The van der Waals surface area contributed by atoms with E-state index in [1.165, 1.54) is 0 Å². The minimum absolute atomic E-state index is 0.0326. The van der Waals surface area contributed by atoms with Gasteiger partial charge >= 0.3 is 5.97 Å². The van der Waals surface area contributed by atoms with E-state index in [4.69, 9.17) is 30.1 Å². The Kier molecular flexibility index (Phi) is 14.3. The molecule has 5 heterocycles. The molecule has 0 aliphatic carbocycles. The number of nitrogens with one attached hydrogen (secondary N) is 1. The Morgan fingerprint density at radius 2 is 1.64 bits per heavy atom. The van der Waals surface area contributed by atoms with Gasteiger partial charge in [-0.25, -0.2) is 0 Å². The lowest BCUT2D eigenvalue weighted by Gasteiger charge is -2.55. The van der Waals surface area contributed by atoms with Crippen LogP contribution < -0.4 is 5.32 Å². The molecule has 11 heteroatoms. The van der Waals surface area contributed by atoms with Crippen LogP contribution in [0.1, 0.15) is 133 Å². The van der Waals surface area contributed by atoms with E-state index >= 15 is 0 Å². The third-order valence-electron chi connectivity index (χ3n) is 14.9. The van der Waals surface area contributed by atoms with Crippen LogP contribution in [0.3, 0.4) is 0 Å². The molecule has 4 N–H and O–H groups in total. The fourth-order valence-corrected chi connectivity index (χ4v) is 10.9. The minimum atomic E-state index is -1.18. The maximum Gasteiger partial charge on any atom is 0.309 e. The predicted octanol–water partition coefficient (Wildman–Crippen LogP) is 6.42. The van der Waals surface area contributed by atoms with Gasteiger partial charge in [-0.3, -0.25) is 14.9 Å². The molecule has 0 bridgehead atoms. The molecule has 2 spiro atoms. The summed E-state index contributed by atoms with van der Waals surface area (Å²) in [4.78, 5) is 26.5. The highest BCUT2D eigenvalue weighted by Gasteiger charge is 2.63. The highest BCUT2D eigenvalue weighted by molar-refractivity contribution is 5.84. The monoisotopic (exact) mass is 788 g/mol. The van der Waals surface area contributed by atoms with Gasteiger partial charge in [0.05, 0.1) is 66.3 Å². The number of carboxylic acid groups (broad SMARTS) is 1. The fourth-order valence-electron chi connectivity index (χ4n) is 10.9. The first-order chi connectivity index (χ1) is 26.3. The molecule has 318 valence electrons. The number of rotatable bonds is 14. The normalized spacial score (nSPS) is 44.2. The van der Waals surface area contributed by atoms with Crippen molar-refractivity contribution in [2.75, 3.05) is 6.54 Å². The second-order valence-electron chi connectivity index (χ2n) is 18.5. The van der Waals surface area contributed by atoms with E-state index in [1.54, 1.807) is 6.92 Å². The van der Waals surface area contributed by atoms with Crippen LogP contribution in [0.15, 0.2) is 12.2 Å². The van der Waals surface area contributed by atoms with Gasteiger partial charge in [0, 0.05) is 30.1 Å². The highest BCUT2D eigenvalue weighted by Crippen LogP contribution is 2.54. The van der Waals surface area contributed by atoms with Crippen LogP contribution in [0.25, 0.3) is 0 Å². The van der Waals surface area contributed by atoms with Crippen molar-refractivity contribution in [3.8, 4) is 12.3 Å². The van der Waals surface area contributed by atoms with E-state index in [9.17, 15) is 24.9 Å². The molecule has 5 aliphatic rings. The molecule has 11 nitrogen and oxygen atoms in total. The first-order valence-corrected chi connectivity index (χ1v) is 21.8. The number of hydrogen-bond donors (Lipinski definition) is 4. The van der Waals surface area contributed by atoms with Crippen molar-refractivity contribution in [2.24, 2.45) is 41.4 Å². The SMILES string of the molecule is C#CCN[C@H]1C=C[C@]2(O[C@H]([C@@H](CC)C(=O)[C@@H](C)[C@@H](O)[C@H](C)C3O[C@@H](C(CC)C(=O)O)CC[C@@H]3C)[C@@H](C)C[C@H]2C)O[C@@]12CC[C@@](C)([C@H]1CC[C@](O)(CC)[C@H](C)O1)O2. The number of aliphatic carboxylic acids is 1. The molecule has 0 aromatic heterocycles. The molecule has 18 atom stereocenters. The number of ketones is 1. The van der Waals surface area contributed by atoms with Gasteiger partial charge in [-0.2, -0.15) is 0 Å². The summed E-state index contributed by atoms with van der Waals surface area (Å²) in [7, 11) is 0. The maximum absolute atomic E-state index is 14.6. The summed E-state index contributed by atoms with van der Waals surface area (Å²) in [5, 5.41) is 36.2. The summed E-state index contributed by atoms with van der Waals surface area (Å²) in [5.74, 6) is -2.65. The van der Waals surface area contributed by atoms with Crippen molar-refractivity contribution < 1.29 is 48.6 Å². The quantitative estimate of drug-likeness (QED) is 0.114. The Balaban J connectivity index is 1.36. The average molecular weight is 788 g/mol. The summed E-state index contributed by atoms with van der Waals surface area (Å²) < 4.78 is 34.4. The number of Topliss-reactive ketones (excluding diaryl/α,β-unsaturated/α-hetero) is 1. The van der Waals surface area contributed by atoms with E-state index in [2.05, 4.69) is 45.0 Å². The lowest BCUT2D eigenvalue weighted by Crippen LogP contribution is -2.65. The Labute approximate surface area is 336 Å². The van der Waals surface area contributed by atoms with E-state index in [-0.39, 0.29) is 53.8 Å².